The molecule has 0 spiro atoms. The summed E-state index contributed by atoms with van der Waals surface area (Å²) in [4.78, 5) is 12.1. The fraction of sp³-hybridized carbons (Fsp3) is 0.360. The van der Waals surface area contributed by atoms with Gasteiger partial charge < -0.3 is 14.4 Å². The maximum atomic E-state index is 13.3. The maximum absolute atomic E-state index is 13.3. The van der Waals surface area contributed by atoms with Crippen LogP contribution >= 0.6 is 0 Å². The van der Waals surface area contributed by atoms with Crippen LogP contribution in [0.1, 0.15) is 30.5 Å². The van der Waals surface area contributed by atoms with Crippen molar-refractivity contribution < 1.29 is 17.9 Å². The molecular formula is C25H28N4O4S. The SMILES string of the molecule is COc1ccc(Oc2nc(N3CCCCC3)nc3c2CN(S(=O)(=O)c2ccccc2)CC3)cc1. The predicted molar refractivity (Wildman–Crippen MR) is 129 cm³/mol. The number of aromatic nitrogens is 2. The highest BCUT2D eigenvalue weighted by Crippen LogP contribution is 2.34. The van der Waals surface area contributed by atoms with Crippen molar-refractivity contribution in [1.29, 1.82) is 0 Å². The molecule has 5 rings (SSSR count). The van der Waals surface area contributed by atoms with Gasteiger partial charge in [0.1, 0.15) is 11.5 Å². The van der Waals surface area contributed by atoms with Gasteiger partial charge in [0.15, 0.2) is 0 Å². The summed E-state index contributed by atoms with van der Waals surface area (Å²) in [6.45, 7) is 2.35. The first-order chi connectivity index (χ1) is 16.5. The molecule has 1 aromatic heterocycles. The predicted octanol–water partition coefficient (Wildman–Crippen LogP) is 4.01. The molecule has 1 saturated heterocycles. The first kappa shape index (κ1) is 22.6. The molecule has 2 aromatic carbocycles. The van der Waals surface area contributed by atoms with E-state index in [0.29, 0.717) is 36.1 Å². The van der Waals surface area contributed by atoms with E-state index in [-0.39, 0.29) is 11.4 Å². The zero-order valence-corrected chi connectivity index (χ0v) is 20.0. The summed E-state index contributed by atoms with van der Waals surface area (Å²) in [7, 11) is -2.02. The van der Waals surface area contributed by atoms with Crippen LogP contribution in [0.5, 0.6) is 17.4 Å². The van der Waals surface area contributed by atoms with Gasteiger partial charge in [0, 0.05) is 32.6 Å². The minimum atomic E-state index is -3.64. The van der Waals surface area contributed by atoms with Crippen molar-refractivity contribution in [3.63, 3.8) is 0 Å². The quantitative estimate of drug-likeness (QED) is 0.527. The molecule has 1 fully saturated rings. The summed E-state index contributed by atoms with van der Waals surface area (Å²) >= 11 is 0. The monoisotopic (exact) mass is 480 g/mol. The molecular weight excluding hydrogens is 452 g/mol. The Labute approximate surface area is 200 Å². The molecule has 2 aliphatic heterocycles. The maximum Gasteiger partial charge on any atom is 0.243 e. The van der Waals surface area contributed by atoms with Crippen LogP contribution < -0.4 is 14.4 Å². The number of sulfonamides is 1. The molecule has 3 aromatic rings. The van der Waals surface area contributed by atoms with Crippen LogP contribution in [0.4, 0.5) is 5.95 Å². The lowest BCUT2D eigenvalue weighted by molar-refractivity contribution is 0.368. The van der Waals surface area contributed by atoms with Gasteiger partial charge in [0.05, 0.1) is 23.3 Å². The number of hydrogen-bond donors (Lipinski definition) is 0. The minimum absolute atomic E-state index is 0.165. The van der Waals surface area contributed by atoms with E-state index < -0.39 is 10.0 Å². The highest BCUT2D eigenvalue weighted by Gasteiger charge is 2.32. The Bertz CT molecular complexity index is 1240. The Morgan fingerprint density at radius 2 is 1.56 bits per heavy atom. The van der Waals surface area contributed by atoms with Crippen LogP contribution in [-0.2, 0) is 23.0 Å². The molecule has 0 atom stereocenters. The topological polar surface area (TPSA) is 84.9 Å². The highest BCUT2D eigenvalue weighted by molar-refractivity contribution is 7.89. The van der Waals surface area contributed by atoms with Crippen LogP contribution in [0, 0.1) is 0 Å². The summed E-state index contributed by atoms with van der Waals surface area (Å²) < 4.78 is 39.5. The third-order valence-corrected chi connectivity index (χ3v) is 8.13. The smallest absolute Gasteiger partial charge is 0.243 e. The number of hydrogen-bond acceptors (Lipinski definition) is 7. The standard InChI is InChI=1S/C25H28N4O4S/c1-32-19-10-12-20(13-11-19)33-24-22-18-29(34(30,31)21-8-4-2-5-9-21)17-14-23(22)26-25(27-24)28-15-6-3-7-16-28/h2,4-5,8-13H,3,6-7,14-18H2,1H3. The zero-order valence-electron chi connectivity index (χ0n) is 19.2. The van der Waals surface area contributed by atoms with Crippen molar-refractivity contribution in [3.05, 3.63) is 65.9 Å². The van der Waals surface area contributed by atoms with Gasteiger partial charge in [-0.25, -0.2) is 13.4 Å². The molecule has 9 heteroatoms. The van der Waals surface area contributed by atoms with E-state index in [1.807, 2.05) is 24.3 Å². The number of rotatable bonds is 6. The van der Waals surface area contributed by atoms with E-state index in [0.717, 1.165) is 37.4 Å². The second-order valence-electron chi connectivity index (χ2n) is 8.48. The van der Waals surface area contributed by atoms with E-state index in [1.165, 1.54) is 10.7 Å². The third-order valence-electron chi connectivity index (χ3n) is 6.27. The fourth-order valence-corrected chi connectivity index (χ4v) is 5.80. The van der Waals surface area contributed by atoms with Gasteiger partial charge in [-0.3, -0.25) is 0 Å². The van der Waals surface area contributed by atoms with E-state index in [9.17, 15) is 8.42 Å². The van der Waals surface area contributed by atoms with Gasteiger partial charge >= 0.3 is 0 Å². The molecule has 34 heavy (non-hydrogen) atoms. The summed E-state index contributed by atoms with van der Waals surface area (Å²) in [5.74, 6) is 2.39. The molecule has 0 radical (unpaired) electrons. The summed E-state index contributed by atoms with van der Waals surface area (Å²) in [5, 5.41) is 0. The molecule has 0 unspecified atom stereocenters. The first-order valence-electron chi connectivity index (χ1n) is 11.6. The lowest BCUT2D eigenvalue weighted by atomic mass is 10.1. The Morgan fingerprint density at radius 3 is 2.26 bits per heavy atom. The third kappa shape index (κ3) is 4.58. The van der Waals surface area contributed by atoms with E-state index in [1.54, 1.807) is 37.4 Å². The van der Waals surface area contributed by atoms with Gasteiger partial charge in [-0.2, -0.15) is 9.29 Å². The number of ether oxygens (including phenoxy) is 2. The minimum Gasteiger partial charge on any atom is -0.497 e. The molecule has 2 aliphatic rings. The van der Waals surface area contributed by atoms with Crippen molar-refractivity contribution in [3.8, 4) is 17.4 Å². The van der Waals surface area contributed by atoms with Gasteiger partial charge in [0.2, 0.25) is 21.9 Å². The molecule has 0 amide bonds. The zero-order chi connectivity index (χ0) is 23.5. The average Bonchev–Trinajstić information content (AvgIpc) is 2.90. The van der Waals surface area contributed by atoms with Crippen LogP contribution in [-0.4, -0.2) is 49.4 Å². The average molecular weight is 481 g/mol. The van der Waals surface area contributed by atoms with Crippen LogP contribution in [0.2, 0.25) is 0 Å². The summed E-state index contributed by atoms with van der Waals surface area (Å²) in [6.07, 6.45) is 3.93. The Balaban J connectivity index is 1.51. The fourth-order valence-electron chi connectivity index (χ4n) is 4.37. The largest absolute Gasteiger partial charge is 0.497 e. The van der Waals surface area contributed by atoms with Crippen LogP contribution in [0.3, 0.4) is 0 Å². The molecule has 178 valence electrons. The normalized spacial score (nSPS) is 16.7. The number of anilines is 1. The van der Waals surface area contributed by atoms with E-state index in [2.05, 4.69) is 4.90 Å². The second-order valence-corrected chi connectivity index (χ2v) is 10.4. The lowest BCUT2D eigenvalue weighted by Crippen LogP contribution is -2.37. The first-order valence-corrected chi connectivity index (χ1v) is 13.0. The van der Waals surface area contributed by atoms with Crippen molar-refractivity contribution in [2.75, 3.05) is 31.6 Å². The van der Waals surface area contributed by atoms with Crippen molar-refractivity contribution in [2.24, 2.45) is 0 Å². The number of piperidine rings is 1. The second kappa shape index (κ2) is 9.60. The van der Waals surface area contributed by atoms with Crippen LogP contribution in [0.15, 0.2) is 59.5 Å². The van der Waals surface area contributed by atoms with Crippen molar-refractivity contribution in [1.82, 2.24) is 14.3 Å². The van der Waals surface area contributed by atoms with Gasteiger partial charge in [0.25, 0.3) is 0 Å². The highest BCUT2D eigenvalue weighted by atomic mass is 32.2. The molecule has 0 saturated carbocycles. The molecule has 0 bridgehead atoms. The Morgan fingerprint density at radius 1 is 0.853 bits per heavy atom. The van der Waals surface area contributed by atoms with Crippen molar-refractivity contribution >= 4 is 16.0 Å². The summed E-state index contributed by atoms with van der Waals surface area (Å²) in [5.41, 5.74) is 1.56. The molecule has 0 N–H and O–H groups in total. The number of nitrogens with zero attached hydrogens (tertiary/aromatic N) is 4. The Hall–Kier alpha value is -3.17. The summed E-state index contributed by atoms with van der Waals surface area (Å²) in [6, 6.07) is 15.8. The van der Waals surface area contributed by atoms with Crippen LogP contribution in [0.25, 0.3) is 0 Å². The van der Waals surface area contributed by atoms with E-state index in [4.69, 9.17) is 19.4 Å². The van der Waals surface area contributed by atoms with Gasteiger partial charge in [-0.05, 0) is 55.7 Å². The Kier molecular flexibility index (Phi) is 6.38. The molecule has 0 aliphatic carbocycles. The van der Waals surface area contributed by atoms with Gasteiger partial charge in [-0.1, -0.05) is 18.2 Å². The number of fused-ring (bicyclic) bond motifs is 1. The number of benzene rings is 2. The molecule has 8 nitrogen and oxygen atoms in total. The molecule has 3 heterocycles. The van der Waals surface area contributed by atoms with E-state index >= 15 is 0 Å². The van der Waals surface area contributed by atoms with Crippen molar-refractivity contribution in [2.45, 2.75) is 37.1 Å². The number of methoxy groups -OCH3 is 1. The van der Waals surface area contributed by atoms with Gasteiger partial charge in [-0.15, -0.1) is 0 Å². The lowest BCUT2D eigenvalue weighted by Gasteiger charge is -2.31.